The van der Waals surface area contributed by atoms with E-state index in [1.54, 1.807) is 18.2 Å². The van der Waals surface area contributed by atoms with Crippen LogP contribution in [-0.4, -0.2) is 13.1 Å². The Hall–Kier alpha value is -1.57. The van der Waals surface area contributed by atoms with E-state index in [2.05, 4.69) is 10.8 Å². The van der Waals surface area contributed by atoms with Gasteiger partial charge in [0, 0.05) is 6.08 Å². The molecular formula is C10H9O2. The van der Waals surface area contributed by atoms with Gasteiger partial charge in [-0.2, -0.15) is 0 Å². The molecule has 0 saturated heterocycles. The maximum absolute atomic E-state index is 10.7. The number of rotatable bonds is 2. The Balaban J connectivity index is 2.64. The van der Waals surface area contributed by atoms with Gasteiger partial charge in [0.05, 0.1) is 7.11 Å². The van der Waals surface area contributed by atoms with Crippen molar-refractivity contribution in [2.75, 3.05) is 7.11 Å². The van der Waals surface area contributed by atoms with E-state index in [9.17, 15) is 4.79 Å². The van der Waals surface area contributed by atoms with Crippen LogP contribution in [0.3, 0.4) is 0 Å². The standard InChI is InChI=1S/C10H9O2/c1-12-10(11)8-7-9-5-3-2-4-6-9/h3-8H,1H3/b8-7+. The average Bonchev–Trinajstić information content (AvgIpc) is 2.16. The maximum atomic E-state index is 10.7. The van der Waals surface area contributed by atoms with Crippen molar-refractivity contribution < 1.29 is 9.53 Å². The van der Waals surface area contributed by atoms with E-state index < -0.39 is 0 Å². The molecule has 2 heteroatoms. The van der Waals surface area contributed by atoms with E-state index >= 15 is 0 Å². The fourth-order valence-electron chi connectivity index (χ4n) is 0.743. The van der Waals surface area contributed by atoms with Crippen LogP contribution in [0.25, 0.3) is 6.08 Å². The minimum absolute atomic E-state index is 0.345. The molecule has 0 saturated carbocycles. The van der Waals surface area contributed by atoms with E-state index in [-0.39, 0.29) is 5.97 Å². The van der Waals surface area contributed by atoms with Gasteiger partial charge in [0.1, 0.15) is 0 Å². The first-order valence-corrected chi connectivity index (χ1v) is 3.55. The molecule has 0 unspecified atom stereocenters. The Bertz CT molecular complexity index is 275. The molecule has 0 N–H and O–H groups in total. The van der Waals surface area contributed by atoms with Crippen molar-refractivity contribution >= 4 is 12.0 Å². The first-order chi connectivity index (χ1) is 5.83. The third kappa shape index (κ3) is 2.58. The minimum atomic E-state index is -0.345. The zero-order valence-corrected chi connectivity index (χ0v) is 6.78. The molecule has 0 spiro atoms. The molecule has 0 atom stereocenters. The predicted molar refractivity (Wildman–Crippen MR) is 46.3 cm³/mol. The number of benzene rings is 1. The van der Waals surface area contributed by atoms with Gasteiger partial charge in [0.2, 0.25) is 0 Å². The molecule has 1 radical (unpaired) electrons. The summed E-state index contributed by atoms with van der Waals surface area (Å²) >= 11 is 0. The molecule has 0 aliphatic heterocycles. The van der Waals surface area contributed by atoms with Gasteiger partial charge in [-0.3, -0.25) is 0 Å². The number of ether oxygens (including phenoxy) is 1. The van der Waals surface area contributed by atoms with Crippen molar-refractivity contribution in [1.29, 1.82) is 0 Å². The van der Waals surface area contributed by atoms with Crippen LogP contribution in [0.2, 0.25) is 0 Å². The molecule has 0 bridgehead atoms. The molecule has 0 aliphatic rings. The quantitative estimate of drug-likeness (QED) is 0.487. The van der Waals surface area contributed by atoms with Crippen LogP contribution in [0.15, 0.2) is 30.3 Å². The van der Waals surface area contributed by atoms with Crippen LogP contribution < -0.4 is 0 Å². The summed E-state index contributed by atoms with van der Waals surface area (Å²) in [5, 5.41) is 0. The van der Waals surface area contributed by atoms with Crippen LogP contribution in [0.5, 0.6) is 0 Å². The second-order valence-electron chi connectivity index (χ2n) is 2.19. The van der Waals surface area contributed by atoms with E-state index in [4.69, 9.17) is 0 Å². The molecule has 0 amide bonds. The largest absolute Gasteiger partial charge is 0.466 e. The molecule has 1 rings (SSSR count). The van der Waals surface area contributed by atoms with Crippen LogP contribution in [0.4, 0.5) is 0 Å². The summed E-state index contributed by atoms with van der Waals surface area (Å²) < 4.78 is 4.44. The predicted octanol–water partition coefficient (Wildman–Crippen LogP) is 1.67. The lowest BCUT2D eigenvalue weighted by molar-refractivity contribution is -0.134. The molecule has 12 heavy (non-hydrogen) atoms. The van der Waals surface area contributed by atoms with E-state index in [0.29, 0.717) is 0 Å². The molecule has 0 fully saturated rings. The van der Waals surface area contributed by atoms with Crippen molar-refractivity contribution in [3.8, 4) is 0 Å². The van der Waals surface area contributed by atoms with Gasteiger partial charge >= 0.3 is 5.97 Å². The highest BCUT2D eigenvalue weighted by molar-refractivity contribution is 5.86. The molecule has 0 aromatic heterocycles. The lowest BCUT2D eigenvalue weighted by Crippen LogP contribution is -1.92. The summed E-state index contributed by atoms with van der Waals surface area (Å²) in [4.78, 5) is 10.7. The van der Waals surface area contributed by atoms with Crippen molar-refractivity contribution in [2.24, 2.45) is 0 Å². The van der Waals surface area contributed by atoms with E-state index in [1.807, 2.05) is 12.1 Å². The zero-order valence-electron chi connectivity index (χ0n) is 6.78. The van der Waals surface area contributed by atoms with Crippen molar-refractivity contribution in [3.63, 3.8) is 0 Å². The smallest absolute Gasteiger partial charge is 0.330 e. The van der Waals surface area contributed by atoms with Gasteiger partial charge in [0.25, 0.3) is 0 Å². The second-order valence-corrected chi connectivity index (χ2v) is 2.19. The molecule has 61 valence electrons. The van der Waals surface area contributed by atoms with Gasteiger partial charge in [-0.25, -0.2) is 4.79 Å². The zero-order chi connectivity index (χ0) is 8.81. The van der Waals surface area contributed by atoms with Crippen LogP contribution in [0, 0.1) is 6.07 Å². The number of hydrogen-bond acceptors (Lipinski definition) is 2. The number of methoxy groups -OCH3 is 1. The third-order valence-corrected chi connectivity index (χ3v) is 1.36. The van der Waals surface area contributed by atoms with Crippen molar-refractivity contribution in [2.45, 2.75) is 0 Å². The average molecular weight is 161 g/mol. The number of esters is 1. The fraction of sp³-hybridized carbons (Fsp3) is 0.100. The highest BCUT2D eigenvalue weighted by Crippen LogP contribution is 2.00. The molecule has 2 nitrogen and oxygen atoms in total. The second kappa shape index (κ2) is 4.34. The molecule has 1 aromatic rings. The van der Waals surface area contributed by atoms with Gasteiger partial charge in [-0.1, -0.05) is 24.3 Å². The summed E-state index contributed by atoms with van der Waals surface area (Å²) in [5.41, 5.74) is 0.958. The Morgan fingerprint density at radius 2 is 2.17 bits per heavy atom. The topological polar surface area (TPSA) is 26.3 Å². The van der Waals surface area contributed by atoms with E-state index in [1.165, 1.54) is 13.2 Å². The number of carbonyl (C=O) groups excluding carboxylic acids is 1. The number of hydrogen-bond donors (Lipinski definition) is 0. The molecule has 1 aromatic carbocycles. The summed E-state index contributed by atoms with van der Waals surface area (Å²) in [6, 6.07) is 10.2. The Morgan fingerprint density at radius 3 is 2.75 bits per heavy atom. The first kappa shape index (κ1) is 8.53. The summed E-state index contributed by atoms with van der Waals surface area (Å²) in [6.07, 6.45) is 3.08. The van der Waals surface area contributed by atoms with Gasteiger partial charge in [0.15, 0.2) is 0 Å². The Kier molecular flexibility index (Phi) is 3.08. The SMILES string of the molecule is COC(=O)/C=C/c1cc[c]cc1. The summed E-state index contributed by atoms with van der Waals surface area (Å²) in [5.74, 6) is -0.345. The highest BCUT2D eigenvalue weighted by Gasteiger charge is 1.89. The monoisotopic (exact) mass is 161 g/mol. The Labute approximate surface area is 71.5 Å². The van der Waals surface area contributed by atoms with E-state index in [0.717, 1.165) is 5.56 Å². The van der Waals surface area contributed by atoms with Gasteiger partial charge < -0.3 is 4.74 Å². The molecule has 0 aliphatic carbocycles. The van der Waals surface area contributed by atoms with Gasteiger partial charge in [-0.15, -0.1) is 0 Å². The summed E-state index contributed by atoms with van der Waals surface area (Å²) in [6.45, 7) is 0. The van der Waals surface area contributed by atoms with Crippen LogP contribution in [-0.2, 0) is 9.53 Å². The minimum Gasteiger partial charge on any atom is -0.466 e. The summed E-state index contributed by atoms with van der Waals surface area (Å²) in [7, 11) is 1.35. The lowest BCUT2D eigenvalue weighted by Gasteiger charge is -1.90. The maximum Gasteiger partial charge on any atom is 0.330 e. The third-order valence-electron chi connectivity index (χ3n) is 1.36. The normalized spacial score (nSPS) is 10.1. The Morgan fingerprint density at radius 1 is 1.50 bits per heavy atom. The van der Waals surface area contributed by atoms with Crippen molar-refractivity contribution in [3.05, 3.63) is 42.0 Å². The van der Waals surface area contributed by atoms with Crippen LogP contribution >= 0.6 is 0 Å². The lowest BCUT2D eigenvalue weighted by atomic mass is 10.2. The molecular weight excluding hydrogens is 152 g/mol. The highest BCUT2D eigenvalue weighted by atomic mass is 16.5. The number of carbonyl (C=O) groups is 1. The van der Waals surface area contributed by atoms with Gasteiger partial charge in [-0.05, 0) is 17.7 Å². The first-order valence-electron chi connectivity index (χ1n) is 3.55. The molecule has 0 heterocycles. The van der Waals surface area contributed by atoms with Crippen LogP contribution in [0.1, 0.15) is 5.56 Å². The fourth-order valence-corrected chi connectivity index (χ4v) is 0.743. The van der Waals surface area contributed by atoms with Crippen molar-refractivity contribution in [1.82, 2.24) is 0 Å².